The minimum Gasteiger partial charge on any atom is -0.465 e. The van der Waals surface area contributed by atoms with E-state index in [1.54, 1.807) is 18.2 Å². The van der Waals surface area contributed by atoms with Gasteiger partial charge in [-0.05, 0) is 47.7 Å². The SMILES string of the molecule is Cc1ccc(C(C)(C)C)cc1S(=O)c1ccc2nc(NC(=O)O)[nH]c2c1. The number of rotatable bonds is 3. The van der Waals surface area contributed by atoms with E-state index in [4.69, 9.17) is 5.11 Å². The summed E-state index contributed by atoms with van der Waals surface area (Å²) < 4.78 is 13.1. The summed E-state index contributed by atoms with van der Waals surface area (Å²) >= 11 is 0. The second kappa shape index (κ2) is 6.57. The monoisotopic (exact) mass is 371 g/mol. The van der Waals surface area contributed by atoms with E-state index >= 15 is 0 Å². The maximum absolute atomic E-state index is 13.1. The van der Waals surface area contributed by atoms with E-state index in [1.165, 1.54) is 0 Å². The van der Waals surface area contributed by atoms with Crippen molar-refractivity contribution in [2.75, 3.05) is 5.32 Å². The van der Waals surface area contributed by atoms with Gasteiger partial charge in [-0.2, -0.15) is 0 Å². The maximum atomic E-state index is 13.1. The van der Waals surface area contributed by atoms with Crippen LogP contribution in [-0.2, 0) is 16.2 Å². The zero-order valence-electron chi connectivity index (χ0n) is 15.1. The fourth-order valence-electron chi connectivity index (χ4n) is 2.66. The average molecular weight is 371 g/mol. The van der Waals surface area contributed by atoms with Crippen LogP contribution in [0, 0.1) is 6.92 Å². The van der Waals surface area contributed by atoms with Crippen LogP contribution in [0.4, 0.5) is 10.7 Å². The molecule has 0 fully saturated rings. The minimum atomic E-state index is -1.35. The Balaban J connectivity index is 2.01. The molecule has 7 heteroatoms. The number of imidazole rings is 1. The van der Waals surface area contributed by atoms with Gasteiger partial charge in [0.15, 0.2) is 0 Å². The molecular formula is C19H21N3O3S. The molecular weight excluding hydrogens is 350 g/mol. The smallest absolute Gasteiger partial charge is 0.411 e. The fourth-order valence-corrected chi connectivity index (χ4v) is 3.92. The normalized spacial score (nSPS) is 12.9. The van der Waals surface area contributed by atoms with Crippen LogP contribution in [0.5, 0.6) is 0 Å². The highest BCUT2D eigenvalue weighted by Crippen LogP contribution is 2.29. The predicted molar refractivity (Wildman–Crippen MR) is 102 cm³/mol. The molecule has 0 aliphatic rings. The zero-order valence-corrected chi connectivity index (χ0v) is 15.9. The molecule has 3 aromatic rings. The lowest BCUT2D eigenvalue weighted by molar-refractivity contribution is 0.209. The summed E-state index contributed by atoms with van der Waals surface area (Å²) in [5.41, 5.74) is 3.30. The van der Waals surface area contributed by atoms with Gasteiger partial charge in [0.05, 0.1) is 21.8 Å². The van der Waals surface area contributed by atoms with Gasteiger partial charge >= 0.3 is 6.09 Å². The molecule has 26 heavy (non-hydrogen) atoms. The Morgan fingerprint density at radius 3 is 2.58 bits per heavy atom. The summed E-state index contributed by atoms with van der Waals surface area (Å²) in [6, 6.07) is 11.3. The molecule has 0 saturated carbocycles. The third kappa shape index (κ3) is 3.62. The molecule has 6 nitrogen and oxygen atoms in total. The molecule has 1 heterocycles. The molecule has 1 amide bonds. The lowest BCUT2D eigenvalue weighted by Gasteiger charge is -2.20. The summed E-state index contributed by atoms with van der Waals surface area (Å²) in [6.07, 6.45) is -1.19. The summed E-state index contributed by atoms with van der Waals surface area (Å²) in [5.74, 6) is 0.140. The highest BCUT2D eigenvalue weighted by molar-refractivity contribution is 7.85. The number of nitrogens with one attached hydrogen (secondary N) is 2. The Kier molecular flexibility index (Phi) is 4.58. The molecule has 3 rings (SSSR count). The molecule has 1 unspecified atom stereocenters. The van der Waals surface area contributed by atoms with E-state index in [0.29, 0.717) is 15.9 Å². The number of carboxylic acid groups (broad SMARTS) is 1. The van der Waals surface area contributed by atoms with Crippen LogP contribution in [0.1, 0.15) is 31.9 Å². The van der Waals surface area contributed by atoms with Crippen LogP contribution in [0.25, 0.3) is 11.0 Å². The Morgan fingerprint density at radius 2 is 1.92 bits per heavy atom. The Bertz CT molecular complexity index is 1020. The minimum absolute atomic E-state index is 0.0304. The third-order valence-corrected chi connectivity index (χ3v) is 5.67. The van der Waals surface area contributed by atoms with E-state index < -0.39 is 16.9 Å². The third-order valence-electron chi connectivity index (χ3n) is 4.15. The largest absolute Gasteiger partial charge is 0.465 e. The van der Waals surface area contributed by atoms with E-state index in [1.807, 2.05) is 19.1 Å². The molecule has 0 aliphatic carbocycles. The van der Waals surface area contributed by atoms with Crippen molar-refractivity contribution < 1.29 is 14.1 Å². The number of amides is 1. The maximum Gasteiger partial charge on any atom is 0.411 e. The van der Waals surface area contributed by atoms with Crippen molar-refractivity contribution in [3.63, 3.8) is 0 Å². The van der Waals surface area contributed by atoms with E-state index in [2.05, 4.69) is 42.1 Å². The summed E-state index contributed by atoms with van der Waals surface area (Å²) in [6.45, 7) is 8.32. The molecule has 3 N–H and O–H groups in total. The number of fused-ring (bicyclic) bond motifs is 1. The number of H-pyrrole nitrogens is 1. The van der Waals surface area contributed by atoms with Crippen molar-refractivity contribution in [3.8, 4) is 0 Å². The van der Waals surface area contributed by atoms with Crippen LogP contribution in [-0.4, -0.2) is 25.4 Å². The molecule has 136 valence electrons. The van der Waals surface area contributed by atoms with Crippen LogP contribution in [0.2, 0.25) is 0 Å². The van der Waals surface area contributed by atoms with Gasteiger partial charge in [-0.3, -0.25) is 5.32 Å². The lowest BCUT2D eigenvalue weighted by Crippen LogP contribution is -2.12. The highest BCUT2D eigenvalue weighted by Gasteiger charge is 2.18. The first-order valence-corrected chi connectivity index (χ1v) is 9.33. The number of hydrogen-bond acceptors (Lipinski definition) is 3. The molecule has 0 spiro atoms. The number of aromatic amines is 1. The Morgan fingerprint density at radius 1 is 1.19 bits per heavy atom. The predicted octanol–water partition coefficient (Wildman–Crippen LogP) is 4.43. The highest BCUT2D eigenvalue weighted by atomic mass is 32.2. The molecule has 1 aromatic heterocycles. The van der Waals surface area contributed by atoms with Crippen molar-refractivity contribution >= 4 is 33.9 Å². The van der Waals surface area contributed by atoms with Gasteiger partial charge in [0.2, 0.25) is 5.95 Å². The number of benzene rings is 2. The molecule has 0 radical (unpaired) electrons. The number of hydrogen-bond donors (Lipinski definition) is 3. The van der Waals surface area contributed by atoms with Crippen LogP contribution in [0.3, 0.4) is 0 Å². The van der Waals surface area contributed by atoms with Crippen molar-refractivity contribution in [2.24, 2.45) is 0 Å². The van der Waals surface area contributed by atoms with E-state index in [-0.39, 0.29) is 11.4 Å². The first-order chi connectivity index (χ1) is 12.1. The summed E-state index contributed by atoms with van der Waals surface area (Å²) in [5, 5.41) is 11.0. The van der Waals surface area contributed by atoms with Crippen molar-refractivity contribution in [2.45, 2.75) is 42.9 Å². The number of aromatic nitrogens is 2. The Hall–Kier alpha value is -2.67. The van der Waals surface area contributed by atoms with Gasteiger partial charge in [-0.25, -0.2) is 14.0 Å². The lowest BCUT2D eigenvalue weighted by atomic mass is 9.87. The second-order valence-electron chi connectivity index (χ2n) is 7.19. The second-order valence-corrected chi connectivity index (χ2v) is 8.64. The topological polar surface area (TPSA) is 95.1 Å². The van der Waals surface area contributed by atoms with Gasteiger partial charge in [0, 0.05) is 9.79 Å². The van der Waals surface area contributed by atoms with Crippen LogP contribution in [0.15, 0.2) is 46.2 Å². The number of carbonyl (C=O) groups is 1. The first-order valence-electron chi connectivity index (χ1n) is 8.18. The molecule has 0 aliphatic heterocycles. The van der Waals surface area contributed by atoms with Gasteiger partial charge in [0.25, 0.3) is 0 Å². The van der Waals surface area contributed by atoms with Crippen LogP contribution < -0.4 is 5.32 Å². The number of aryl methyl sites for hydroxylation is 1. The summed E-state index contributed by atoms with van der Waals surface area (Å²) in [4.78, 5) is 19.2. The molecule has 1 atom stereocenters. The van der Waals surface area contributed by atoms with Gasteiger partial charge in [0.1, 0.15) is 0 Å². The molecule has 2 aromatic carbocycles. The number of anilines is 1. The van der Waals surface area contributed by atoms with Gasteiger partial charge in [-0.1, -0.05) is 32.9 Å². The Labute approximate surface area is 154 Å². The molecule has 0 saturated heterocycles. The van der Waals surface area contributed by atoms with E-state index in [9.17, 15) is 9.00 Å². The quantitative estimate of drug-likeness (QED) is 0.635. The molecule has 0 bridgehead atoms. The standard InChI is InChI=1S/C19H21N3O3S/c1-11-5-6-12(19(2,3)4)9-16(11)26(25)13-7-8-14-15(10-13)21-17(20-14)22-18(23)24/h5-10H,1-4H3,(H,23,24)(H2,20,21,22). The van der Waals surface area contributed by atoms with Crippen LogP contribution >= 0.6 is 0 Å². The van der Waals surface area contributed by atoms with Crippen molar-refractivity contribution in [1.29, 1.82) is 0 Å². The van der Waals surface area contributed by atoms with Crippen molar-refractivity contribution in [1.82, 2.24) is 9.97 Å². The van der Waals surface area contributed by atoms with Gasteiger partial charge in [-0.15, -0.1) is 0 Å². The summed E-state index contributed by atoms with van der Waals surface area (Å²) in [7, 11) is -1.35. The number of nitrogens with zero attached hydrogens (tertiary/aromatic N) is 1. The van der Waals surface area contributed by atoms with Crippen molar-refractivity contribution in [3.05, 3.63) is 47.5 Å². The average Bonchev–Trinajstić information content (AvgIpc) is 2.93. The zero-order chi connectivity index (χ0) is 19.1. The first kappa shape index (κ1) is 18.1. The van der Waals surface area contributed by atoms with E-state index in [0.717, 1.165) is 16.0 Å². The fraction of sp³-hybridized carbons (Fsp3) is 0.263. The van der Waals surface area contributed by atoms with Gasteiger partial charge < -0.3 is 10.1 Å².